The first-order valence-electron chi connectivity index (χ1n) is 9.89. The fourth-order valence-corrected chi connectivity index (χ4v) is 4.05. The molecule has 7 nitrogen and oxygen atoms in total. The molecule has 8 heteroatoms. The number of rotatable bonds is 7. The molecule has 1 saturated heterocycles. The van der Waals surface area contributed by atoms with Crippen LogP contribution in [0.5, 0.6) is 0 Å². The molecule has 1 aromatic carbocycles. The second kappa shape index (κ2) is 8.34. The van der Waals surface area contributed by atoms with Gasteiger partial charge in [-0.25, -0.2) is 4.39 Å². The molecule has 154 valence electrons. The number of likely N-dealkylation sites (tertiary alicyclic amines) is 1. The van der Waals surface area contributed by atoms with Gasteiger partial charge in [-0.1, -0.05) is 0 Å². The highest BCUT2D eigenvalue weighted by atomic mass is 19.1. The molecule has 0 spiro atoms. The Morgan fingerprint density at radius 3 is 3.07 bits per heavy atom. The Morgan fingerprint density at radius 2 is 2.24 bits per heavy atom. The molecule has 0 bridgehead atoms. The number of ether oxygens (including phenoxy) is 1. The zero-order valence-corrected chi connectivity index (χ0v) is 16.7. The van der Waals surface area contributed by atoms with Crippen LogP contribution in [0.3, 0.4) is 0 Å². The number of carbonyl (C=O) groups excluding carboxylic acids is 1. The van der Waals surface area contributed by atoms with Gasteiger partial charge in [0.1, 0.15) is 5.82 Å². The maximum Gasteiger partial charge on any atom is 0.271 e. The minimum absolute atomic E-state index is 0.198. The summed E-state index contributed by atoms with van der Waals surface area (Å²) >= 11 is 0. The fraction of sp³-hybridized carbons (Fsp3) is 0.429. The molecule has 1 atom stereocenters. The van der Waals surface area contributed by atoms with Crippen LogP contribution in [0, 0.1) is 5.82 Å². The summed E-state index contributed by atoms with van der Waals surface area (Å²) in [5.74, 6) is -0.477. The average molecular weight is 399 g/mol. The van der Waals surface area contributed by atoms with E-state index in [0.29, 0.717) is 18.3 Å². The van der Waals surface area contributed by atoms with Gasteiger partial charge in [-0.05, 0) is 49.7 Å². The van der Waals surface area contributed by atoms with E-state index in [9.17, 15) is 9.18 Å². The van der Waals surface area contributed by atoms with Gasteiger partial charge >= 0.3 is 0 Å². The number of aryl methyl sites for hydroxylation is 1. The number of hydrogen-bond acceptors (Lipinski definition) is 4. The molecule has 2 N–H and O–H groups in total. The molecule has 0 radical (unpaired) electrons. The molecule has 29 heavy (non-hydrogen) atoms. The van der Waals surface area contributed by atoms with E-state index < -0.39 is 0 Å². The van der Waals surface area contributed by atoms with Crippen molar-refractivity contribution in [2.45, 2.75) is 18.9 Å². The molecule has 0 saturated carbocycles. The van der Waals surface area contributed by atoms with Crippen molar-refractivity contribution in [2.24, 2.45) is 7.05 Å². The molecule has 4 rings (SSSR count). The Morgan fingerprint density at radius 1 is 1.38 bits per heavy atom. The van der Waals surface area contributed by atoms with E-state index in [1.54, 1.807) is 31.0 Å². The number of benzene rings is 1. The van der Waals surface area contributed by atoms with Crippen LogP contribution in [0.15, 0.2) is 30.3 Å². The van der Waals surface area contributed by atoms with E-state index in [-0.39, 0.29) is 11.7 Å². The monoisotopic (exact) mass is 399 g/mol. The standard InChI is InChI=1S/C21H26FN5O2/c1-26-20(18-11-14-10-15(22)5-6-17(14)24-18)12-19(25-26)21(28)23-7-9-27-8-3-4-16(27)13-29-2/h5-6,10-12,16,24H,3-4,7-9,13H2,1-2H3,(H,23,28)/t16-/m0/s1. The minimum atomic E-state index is -0.279. The van der Waals surface area contributed by atoms with Gasteiger partial charge in [0.05, 0.1) is 18.0 Å². The van der Waals surface area contributed by atoms with Crippen molar-refractivity contribution in [3.05, 3.63) is 41.8 Å². The molecule has 3 aromatic rings. The summed E-state index contributed by atoms with van der Waals surface area (Å²) in [6, 6.07) is 8.65. The topological polar surface area (TPSA) is 75.2 Å². The highest BCUT2D eigenvalue weighted by Crippen LogP contribution is 2.25. The van der Waals surface area contributed by atoms with Crippen LogP contribution in [0.4, 0.5) is 4.39 Å². The summed E-state index contributed by atoms with van der Waals surface area (Å²) < 4.78 is 20.4. The Bertz CT molecular complexity index is 1010. The van der Waals surface area contributed by atoms with E-state index in [1.807, 2.05) is 6.07 Å². The first-order chi connectivity index (χ1) is 14.0. The van der Waals surface area contributed by atoms with Gasteiger partial charge in [-0.15, -0.1) is 0 Å². The summed E-state index contributed by atoms with van der Waals surface area (Å²) in [6.07, 6.45) is 2.31. The van der Waals surface area contributed by atoms with Crippen LogP contribution in [0.1, 0.15) is 23.3 Å². The quantitative estimate of drug-likeness (QED) is 0.640. The van der Waals surface area contributed by atoms with Crippen LogP contribution in [-0.4, -0.2) is 65.0 Å². The molecule has 1 fully saturated rings. The molecule has 1 aliphatic heterocycles. The number of aromatic nitrogens is 3. The Kier molecular flexibility index (Phi) is 5.64. The summed E-state index contributed by atoms with van der Waals surface area (Å²) in [5.41, 5.74) is 2.76. The van der Waals surface area contributed by atoms with Gasteiger partial charge in [0.2, 0.25) is 0 Å². The average Bonchev–Trinajstić information content (AvgIpc) is 3.40. The second-order valence-electron chi connectivity index (χ2n) is 7.50. The molecule has 0 aliphatic carbocycles. The Labute approximate surface area is 168 Å². The number of carbonyl (C=O) groups is 1. The lowest BCUT2D eigenvalue weighted by Gasteiger charge is -2.23. The lowest BCUT2D eigenvalue weighted by molar-refractivity contribution is 0.0926. The zero-order chi connectivity index (χ0) is 20.4. The van der Waals surface area contributed by atoms with Gasteiger partial charge in [-0.3, -0.25) is 14.4 Å². The van der Waals surface area contributed by atoms with Crippen molar-refractivity contribution in [1.29, 1.82) is 0 Å². The molecule has 0 unspecified atom stereocenters. The van der Waals surface area contributed by atoms with Crippen molar-refractivity contribution in [3.8, 4) is 11.4 Å². The zero-order valence-electron chi connectivity index (χ0n) is 16.7. The third-order valence-corrected chi connectivity index (χ3v) is 5.51. The van der Waals surface area contributed by atoms with Crippen LogP contribution >= 0.6 is 0 Å². The van der Waals surface area contributed by atoms with Gasteiger partial charge in [0.25, 0.3) is 5.91 Å². The molecule has 2 aromatic heterocycles. The summed E-state index contributed by atoms with van der Waals surface area (Å²) in [5, 5.41) is 8.08. The van der Waals surface area contributed by atoms with E-state index in [2.05, 4.69) is 20.3 Å². The van der Waals surface area contributed by atoms with E-state index in [0.717, 1.165) is 48.4 Å². The molecular weight excluding hydrogens is 373 g/mol. The molecule has 1 amide bonds. The van der Waals surface area contributed by atoms with Crippen molar-refractivity contribution in [3.63, 3.8) is 0 Å². The largest absolute Gasteiger partial charge is 0.383 e. The summed E-state index contributed by atoms with van der Waals surface area (Å²) in [7, 11) is 3.51. The van der Waals surface area contributed by atoms with Crippen molar-refractivity contribution in [2.75, 3.05) is 33.4 Å². The van der Waals surface area contributed by atoms with Crippen molar-refractivity contribution >= 4 is 16.8 Å². The normalized spacial score (nSPS) is 17.3. The van der Waals surface area contributed by atoms with Crippen LogP contribution in [0.25, 0.3) is 22.3 Å². The second-order valence-corrected chi connectivity index (χ2v) is 7.50. The number of nitrogens with zero attached hydrogens (tertiary/aromatic N) is 3. The molecular formula is C21H26FN5O2. The SMILES string of the molecule is COC[C@@H]1CCCN1CCNC(=O)c1cc(-c2cc3cc(F)ccc3[nH]2)n(C)n1. The predicted octanol–water partition coefficient (Wildman–Crippen LogP) is 2.55. The Hall–Kier alpha value is -2.71. The fourth-order valence-electron chi connectivity index (χ4n) is 4.05. The van der Waals surface area contributed by atoms with Crippen LogP contribution in [-0.2, 0) is 11.8 Å². The van der Waals surface area contributed by atoms with Gasteiger partial charge in [0.15, 0.2) is 5.69 Å². The third kappa shape index (κ3) is 4.18. The number of hydrogen-bond donors (Lipinski definition) is 2. The minimum Gasteiger partial charge on any atom is -0.383 e. The maximum atomic E-state index is 13.4. The predicted molar refractivity (Wildman–Crippen MR) is 109 cm³/mol. The van der Waals surface area contributed by atoms with Crippen molar-refractivity contribution < 1.29 is 13.9 Å². The highest BCUT2D eigenvalue weighted by molar-refractivity contribution is 5.94. The van der Waals surface area contributed by atoms with Crippen LogP contribution < -0.4 is 5.32 Å². The molecule has 3 heterocycles. The highest BCUT2D eigenvalue weighted by Gasteiger charge is 2.24. The number of fused-ring (bicyclic) bond motifs is 1. The van der Waals surface area contributed by atoms with E-state index in [1.165, 1.54) is 18.6 Å². The third-order valence-electron chi connectivity index (χ3n) is 5.51. The van der Waals surface area contributed by atoms with E-state index >= 15 is 0 Å². The van der Waals surface area contributed by atoms with Gasteiger partial charge < -0.3 is 15.0 Å². The number of amides is 1. The summed E-state index contributed by atoms with van der Waals surface area (Å²) in [4.78, 5) is 18.2. The summed E-state index contributed by atoms with van der Waals surface area (Å²) in [6.45, 7) is 3.13. The molecule has 1 aliphatic rings. The number of nitrogens with one attached hydrogen (secondary N) is 2. The van der Waals surface area contributed by atoms with Crippen LogP contribution in [0.2, 0.25) is 0 Å². The van der Waals surface area contributed by atoms with Crippen molar-refractivity contribution in [1.82, 2.24) is 25.0 Å². The smallest absolute Gasteiger partial charge is 0.271 e. The number of aromatic amines is 1. The number of H-pyrrole nitrogens is 1. The lowest BCUT2D eigenvalue weighted by Crippen LogP contribution is -2.39. The van der Waals surface area contributed by atoms with Gasteiger partial charge in [-0.2, -0.15) is 5.10 Å². The first kappa shape index (κ1) is 19.6. The maximum absolute atomic E-state index is 13.4. The van der Waals surface area contributed by atoms with Gasteiger partial charge in [0, 0.05) is 44.2 Å². The lowest BCUT2D eigenvalue weighted by atomic mass is 10.2. The Balaban J connectivity index is 1.41. The first-order valence-corrected chi connectivity index (χ1v) is 9.89. The number of methoxy groups -OCH3 is 1. The number of halogens is 1. The van der Waals surface area contributed by atoms with E-state index in [4.69, 9.17) is 4.74 Å².